The molecule has 2 nitrogen and oxygen atoms in total. The molecule has 0 amide bonds. The Morgan fingerprint density at radius 3 is 2.83 bits per heavy atom. The summed E-state index contributed by atoms with van der Waals surface area (Å²) in [6.07, 6.45) is 6.21. The second-order valence-corrected chi connectivity index (χ2v) is 6.89. The van der Waals surface area contributed by atoms with Gasteiger partial charge in [0.2, 0.25) is 0 Å². The van der Waals surface area contributed by atoms with Crippen molar-refractivity contribution in [2.24, 2.45) is 0 Å². The maximum absolute atomic E-state index is 5.50. The highest BCUT2D eigenvalue weighted by Crippen LogP contribution is 2.44. The van der Waals surface area contributed by atoms with Gasteiger partial charge in [0.05, 0.1) is 11.0 Å². The van der Waals surface area contributed by atoms with Gasteiger partial charge in [-0.05, 0) is 49.9 Å². The van der Waals surface area contributed by atoms with Crippen LogP contribution in [0.5, 0.6) is 0 Å². The quantitative estimate of drug-likeness (QED) is 0.845. The summed E-state index contributed by atoms with van der Waals surface area (Å²) in [7, 11) is 0. The second kappa shape index (κ2) is 4.42. The SMILES string of the molecule is CSC1(Cn2c(=S)[nH]c3cccc(C)c32)CCC1. The third-order valence-electron chi connectivity index (χ3n) is 4.14. The lowest BCUT2D eigenvalue weighted by molar-refractivity contribution is 0.323. The molecule has 3 rings (SSSR count). The second-order valence-electron chi connectivity index (χ2n) is 5.23. The van der Waals surface area contributed by atoms with Crippen molar-refractivity contribution in [2.75, 3.05) is 6.26 Å². The monoisotopic (exact) mass is 278 g/mol. The first kappa shape index (κ1) is 12.3. The highest BCUT2D eigenvalue weighted by atomic mass is 32.2. The molecule has 0 aliphatic heterocycles. The van der Waals surface area contributed by atoms with Crippen LogP contribution in [0.4, 0.5) is 0 Å². The summed E-state index contributed by atoms with van der Waals surface area (Å²) in [4.78, 5) is 3.33. The van der Waals surface area contributed by atoms with Gasteiger partial charge in [-0.25, -0.2) is 0 Å². The number of hydrogen-bond donors (Lipinski definition) is 1. The number of aryl methyl sites for hydroxylation is 1. The smallest absolute Gasteiger partial charge is 0.178 e. The van der Waals surface area contributed by atoms with E-state index < -0.39 is 0 Å². The van der Waals surface area contributed by atoms with E-state index in [0.717, 1.165) is 16.8 Å². The van der Waals surface area contributed by atoms with E-state index in [1.807, 2.05) is 11.8 Å². The molecule has 0 radical (unpaired) electrons. The molecule has 1 aliphatic carbocycles. The van der Waals surface area contributed by atoms with E-state index in [0.29, 0.717) is 4.75 Å². The Kier molecular flexibility index (Phi) is 3.02. The fraction of sp³-hybridized carbons (Fsp3) is 0.500. The molecular weight excluding hydrogens is 260 g/mol. The number of H-pyrrole nitrogens is 1. The Morgan fingerprint density at radius 2 is 2.22 bits per heavy atom. The number of para-hydroxylation sites is 1. The zero-order valence-electron chi connectivity index (χ0n) is 10.8. The number of rotatable bonds is 3. The van der Waals surface area contributed by atoms with Crippen LogP contribution in [0.1, 0.15) is 24.8 Å². The van der Waals surface area contributed by atoms with E-state index in [2.05, 4.69) is 40.9 Å². The number of hydrogen-bond acceptors (Lipinski definition) is 2. The molecule has 1 saturated carbocycles. The molecule has 1 aliphatic rings. The number of thioether (sulfide) groups is 1. The Morgan fingerprint density at radius 1 is 1.44 bits per heavy atom. The minimum absolute atomic E-state index is 0.412. The van der Waals surface area contributed by atoms with Crippen LogP contribution in [0.25, 0.3) is 11.0 Å². The van der Waals surface area contributed by atoms with Gasteiger partial charge >= 0.3 is 0 Å². The predicted octanol–water partition coefficient (Wildman–Crippen LogP) is 4.29. The summed E-state index contributed by atoms with van der Waals surface area (Å²) in [6, 6.07) is 6.36. The van der Waals surface area contributed by atoms with Crippen molar-refractivity contribution in [1.82, 2.24) is 9.55 Å². The molecule has 1 N–H and O–H groups in total. The van der Waals surface area contributed by atoms with Crippen LogP contribution in [0.3, 0.4) is 0 Å². The molecule has 0 unspecified atom stereocenters. The maximum Gasteiger partial charge on any atom is 0.178 e. The highest BCUT2D eigenvalue weighted by molar-refractivity contribution is 8.00. The summed E-state index contributed by atoms with van der Waals surface area (Å²) < 4.78 is 3.57. The van der Waals surface area contributed by atoms with Gasteiger partial charge in [-0.15, -0.1) is 0 Å². The number of nitrogens with zero attached hydrogens (tertiary/aromatic N) is 1. The summed E-state index contributed by atoms with van der Waals surface area (Å²) in [5, 5.41) is 0. The van der Waals surface area contributed by atoms with Gasteiger partial charge in [0.1, 0.15) is 0 Å². The molecule has 1 aromatic carbocycles. The molecule has 1 fully saturated rings. The van der Waals surface area contributed by atoms with Gasteiger partial charge in [-0.3, -0.25) is 0 Å². The molecule has 2 aromatic rings. The van der Waals surface area contributed by atoms with Crippen molar-refractivity contribution in [1.29, 1.82) is 0 Å². The van der Waals surface area contributed by atoms with E-state index in [9.17, 15) is 0 Å². The Labute approximate surface area is 117 Å². The van der Waals surface area contributed by atoms with E-state index in [4.69, 9.17) is 12.2 Å². The molecule has 1 aromatic heterocycles. The van der Waals surface area contributed by atoms with Crippen LogP contribution in [-0.4, -0.2) is 20.6 Å². The third kappa shape index (κ3) is 1.82. The van der Waals surface area contributed by atoms with E-state index >= 15 is 0 Å². The summed E-state index contributed by atoms with van der Waals surface area (Å²) in [5.74, 6) is 0. The average Bonchev–Trinajstić information content (AvgIpc) is 2.61. The number of nitrogens with one attached hydrogen (secondary N) is 1. The van der Waals surface area contributed by atoms with Crippen molar-refractivity contribution in [3.05, 3.63) is 28.5 Å². The third-order valence-corrected chi connectivity index (χ3v) is 5.86. The average molecular weight is 278 g/mol. The Balaban J connectivity index is 2.11. The van der Waals surface area contributed by atoms with Gasteiger partial charge in [0, 0.05) is 11.3 Å². The first-order chi connectivity index (χ1) is 8.65. The fourth-order valence-electron chi connectivity index (χ4n) is 2.84. The van der Waals surface area contributed by atoms with Crippen LogP contribution in [-0.2, 0) is 6.54 Å². The topological polar surface area (TPSA) is 20.7 Å². The first-order valence-corrected chi connectivity index (χ1v) is 8.02. The standard InChI is InChI=1S/C14H18N2S2/c1-10-5-3-6-11-12(10)16(13(17)15-11)9-14(18-2)7-4-8-14/h3,5-6H,4,7-9H2,1-2H3,(H,15,17). The maximum atomic E-state index is 5.50. The molecular formula is C14H18N2S2. The van der Waals surface area contributed by atoms with Gasteiger partial charge < -0.3 is 9.55 Å². The summed E-state index contributed by atoms with van der Waals surface area (Å²) >= 11 is 7.50. The van der Waals surface area contributed by atoms with Crippen molar-refractivity contribution in [2.45, 2.75) is 37.5 Å². The van der Waals surface area contributed by atoms with Gasteiger partial charge in [-0.1, -0.05) is 18.6 Å². The number of aromatic nitrogens is 2. The lowest BCUT2D eigenvalue weighted by Gasteiger charge is -2.40. The summed E-state index contributed by atoms with van der Waals surface area (Å²) in [5.41, 5.74) is 3.74. The van der Waals surface area contributed by atoms with Crippen molar-refractivity contribution in [3.8, 4) is 0 Å². The van der Waals surface area contributed by atoms with Crippen LogP contribution >= 0.6 is 24.0 Å². The van der Waals surface area contributed by atoms with Gasteiger partial charge in [0.25, 0.3) is 0 Å². The van der Waals surface area contributed by atoms with E-state index in [1.54, 1.807) is 0 Å². The number of benzene rings is 1. The number of imidazole rings is 1. The minimum Gasteiger partial charge on any atom is -0.331 e. The summed E-state index contributed by atoms with van der Waals surface area (Å²) in [6.45, 7) is 3.20. The van der Waals surface area contributed by atoms with Crippen molar-refractivity contribution >= 4 is 35.0 Å². The fourth-order valence-corrected chi connectivity index (χ4v) is 4.06. The molecule has 96 valence electrons. The molecule has 0 saturated heterocycles. The largest absolute Gasteiger partial charge is 0.331 e. The molecule has 0 bridgehead atoms. The predicted molar refractivity (Wildman–Crippen MR) is 82.0 cm³/mol. The lowest BCUT2D eigenvalue weighted by atomic mass is 9.84. The zero-order valence-corrected chi connectivity index (χ0v) is 12.5. The van der Waals surface area contributed by atoms with Crippen LogP contribution in [0, 0.1) is 11.7 Å². The first-order valence-electron chi connectivity index (χ1n) is 6.38. The normalized spacial score (nSPS) is 17.9. The molecule has 1 heterocycles. The van der Waals surface area contributed by atoms with Gasteiger partial charge in [0.15, 0.2) is 4.77 Å². The zero-order chi connectivity index (χ0) is 12.8. The van der Waals surface area contributed by atoms with Crippen LogP contribution in [0.15, 0.2) is 18.2 Å². The molecule has 4 heteroatoms. The number of fused-ring (bicyclic) bond motifs is 1. The van der Waals surface area contributed by atoms with E-state index in [-0.39, 0.29) is 0 Å². The van der Waals surface area contributed by atoms with Gasteiger partial charge in [-0.2, -0.15) is 11.8 Å². The lowest BCUT2D eigenvalue weighted by Crippen LogP contribution is -2.37. The van der Waals surface area contributed by atoms with Crippen molar-refractivity contribution < 1.29 is 0 Å². The minimum atomic E-state index is 0.412. The molecule has 18 heavy (non-hydrogen) atoms. The van der Waals surface area contributed by atoms with Crippen LogP contribution < -0.4 is 0 Å². The molecule has 0 atom stereocenters. The number of aromatic amines is 1. The van der Waals surface area contributed by atoms with E-state index in [1.165, 1.54) is 30.3 Å². The molecule has 0 spiro atoms. The van der Waals surface area contributed by atoms with Crippen molar-refractivity contribution in [3.63, 3.8) is 0 Å². The Bertz CT molecular complexity index is 629. The Hall–Kier alpha value is -0.740. The van der Waals surface area contributed by atoms with Crippen LogP contribution in [0.2, 0.25) is 0 Å². The highest BCUT2D eigenvalue weighted by Gasteiger charge is 2.37.